The Bertz CT molecular complexity index is 803. The molecule has 2 heterocycles. The molecule has 1 aliphatic carbocycles. The smallest absolute Gasteiger partial charge is 0.487 e. The molecular weight excluding hydrogens is 325 g/mol. The Balaban J connectivity index is 1.45. The summed E-state index contributed by atoms with van der Waals surface area (Å²) in [4.78, 5) is 4.31. The second kappa shape index (κ2) is 6.40. The van der Waals surface area contributed by atoms with Gasteiger partial charge in [0, 0.05) is 11.7 Å². The molecule has 4 nitrogen and oxygen atoms in total. The molecule has 1 aromatic carbocycles. The van der Waals surface area contributed by atoms with E-state index >= 15 is 0 Å². The molecule has 2 aromatic rings. The van der Waals surface area contributed by atoms with Gasteiger partial charge in [-0.15, -0.1) is 0 Å². The van der Waals surface area contributed by atoms with Gasteiger partial charge in [0.2, 0.25) is 0 Å². The van der Waals surface area contributed by atoms with E-state index in [0.717, 1.165) is 11.2 Å². The molecule has 1 fully saturated rings. The van der Waals surface area contributed by atoms with Gasteiger partial charge >= 0.3 is 7.12 Å². The van der Waals surface area contributed by atoms with Crippen LogP contribution in [0.15, 0.2) is 36.7 Å². The van der Waals surface area contributed by atoms with Crippen molar-refractivity contribution >= 4 is 12.6 Å². The Hall–Kier alpha value is -1.85. The van der Waals surface area contributed by atoms with Crippen LogP contribution in [-0.2, 0) is 28.8 Å². The molecule has 0 radical (unpaired) electrons. The number of aryl methyl sites for hydroxylation is 2. The number of hydrogen-bond donors (Lipinski definition) is 0. The second-order valence-corrected chi connectivity index (χ2v) is 8.29. The van der Waals surface area contributed by atoms with Crippen molar-refractivity contribution in [3.8, 4) is 5.75 Å². The average molecular weight is 351 g/mol. The number of nitrogens with zero attached hydrogens (tertiary/aromatic N) is 1. The molecule has 1 aromatic heterocycles. The fraction of sp³-hybridized carbons (Fsp3) is 0.476. The summed E-state index contributed by atoms with van der Waals surface area (Å²) in [5.41, 5.74) is 4.31. The van der Waals surface area contributed by atoms with Crippen LogP contribution in [0.25, 0.3) is 0 Å². The molecule has 1 saturated heterocycles. The van der Waals surface area contributed by atoms with E-state index in [0.29, 0.717) is 6.61 Å². The van der Waals surface area contributed by atoms with Gasteiger partial charge in [-0.05, 0) is 69.7 Å². The van der Waals surface area contributed by atoms with Gasteiger partial charge in [0.15, 0.2) is 0 Å². The highest BCUT2D eigenvalue weighted by molar-refractivity contribution is 6.62. The summed E-state index contributed by atoms with van der Waals surface area (Å²) in [7, 11) is -0.420. The van der Waals surface area contributed by atoms with Crippen LogP contribution in [0.2, 0.25) is 0 Å². The van der Waals surface area contributed by atoms with Crippen molar-refractivity contribution in [3.05, 3.63) is 53.3 Å². The summed E-state index contributed by atoms with van der Waals surface area (Å²) < 4.78 is 18.2. The number of fused-ring (bicyclic) bond motifs is 1. The molecule has 4 rings (SSSR count). The van der Waals surface area contributed by atoms with Crippen LogP contribution < -0.4 is 10.2 Å². The zero-order chi connectivity index (χ0) is 18.4. The summed E-state index contributed by atoms with van der Waals surface area (Å²) in [5, 5.41) is 0. The monoisotopic (exact) mass is 351 g/mol. The third kappa shape index (κ3) is 3.26. The quantitative estimate of drug-likeness (QED) is 0.792. The Morgan fingerprint density at radius 2 is 1.73 bits per heavy atom. The van der Waals surface area contributed by atoms with Crippen molar-refractivity contribution in [2.24, 2.45) is 0 Å². The minimum atomic E-state index is -0.420. The minimum Gasteiger partial charge on any atom is -0.487 e. The molecule has 1 aliphatic heterocycles. The van der Waals surface area contributed by atoms with Crippen molar-refractivity contribution in [2.45, 2.75) is 64.8 Å². The highest BCUT2D eigenvalue weighted by Gasteiger charge is 2.51. The largest absolute Gasteiger partial charge is 0.496 e. The van der Waals surface area contributed by atoms with Crippen molar-refractivity contribution in [2.75, 3.05) is 0 Å². The van der Waals surface area contributed by atoms with Crippen molar-refractivity contribution < 1.29 is 14.0 Å². The maximum atomic E-state index is 6.10. The first-order valence-electron chi connectivity index (χ1n) is 9.38. The summed E-state index contributed by atoms with van der Waals surface area (Å²) in [6.07, 6.45) is 7.17. The van der Waals surface area contributed by atoms with Gasteiger partial charge in [0.1, 0.15) is 12.4 Å². The molecule has 0 amide bonds. The zero-order valence-corrected chi connectivity index (χ0v) is 16.0. The van der Waals surface area contributed by atoms with Crippen LogP contribution >= 0.6 is 0 Å². The number of aromatic nitrogens is 1. The Morgan fingerprint density at radius 1 is 1.00 bits per heavy atom. The van der Waals surface area contributed by atoms with E-state index in [-0.39, 0.29) is 11.2 Å². The lowest BCUT2D eigenvalue weighted by molar-refractivity contribution is 0.00578. The second-order valence-electron chi connectivity index (χ2n) is 8.29. The van der Waals surface area contributed by atoms with E-state index in [1.54, 1.807) is 12.4 Å². The number of benzene rings is 1. The first-order valence-corrected chi connectivity index (χ1v) is 9.38. The van der Waals surface area contributed by atoms with Gasteiger partial charge in [0.25, 0.3) is 0 Å². The highest BCUT2D eigenvalue weighted by atomic mass is 16.7. The summed E-state index contributed by atoms with van der Waals surface area (Å²) in [6.45, 7) is 8.74. The zero-order valence-electron chi connectivity index (χ0n) is 16.0. The fourth-order valence-electron chi connectivity index (χ4n) is 3.50. The Kier molecular flexibility index (Phi) is 4.32. The van der Waals surface area contributed by atoms with E-state index in [4.69, 9.17) is 14.0 Å². The number of ether oxygens (including phenoxy) is 1. The summed E-state index contributed by atoms with van der Waals surface area (Å²) in [5.74, 6) is 0.734. The lowest BCUT2D eigenvalue weighted by Gasteiger charge is -2.32. The van der Waals surface area contributed by atoms with Gasteiger partial charge in [-0.3, -0.25) is 4.98 Å². The minimum absolute atomic E-state index is 0.362. The predicted molar refractivity (Wildman–Crippen MR) is 103 cm³/mol. The van der Waals surface area contributed by atoms with Crippen molar-refractivity contribution in [1.82, 2.24) is 4.98 Å². The van der Waals surface area contributed by atoms with Gasteiger partial charge in [-0.2, -0.15) is 0 Å². The maximum Gasteiger partial charge on any atom is 0.496 e. The van der Waals surface area contributed by atoms with Gasteiger partial charge in [0.05, 0.1) is 17.4 Å². The highest BCUT2D eigenvalue weighted by Crippen LogP contribution is 2.36. The third-order valence-electron chi connectivity index (χ3n) is 5.83. The number of pyridine rings is 1. The normalized spacial score (nSPS) is 20.2. The van der Waals surface area contributed by atoms with E-state index < -0.39 is 7.12 Å². The molecule has 0 saturated carbocycles. The molecule has 0 spiro atoms. The lowest BCUT2D eigenvalue weighted by Crippen LogP contribution is -2.41. The van der Waals surface area contributed by atoms with Crippen LogP contribution in [0.1, 0.15) is 50.8 Å². The molecule has 0 bridgehead atoms. The standard InChI is InChI=1S/C21H26BNO3/c1-20(2)21(3,4)26-22(25-20)18-11-19(13-23-12-18)24-14-15-8-9-16-6-5-7-17(16)10-15/h8-13H,5-7,14H2,1-4H3. The molecule has 5 heteroatoms. The Labute approximate surface area is 156 Å². The number of rotatable bonds is 4. The van der Waals surface area contributed by atoms with Gasteiger partial charge in [-0.1, -0.05) is 18.2 Å². The first-order chi connectivity index (χ1) is 12.3. The molecule has 26 heavy (non-hydrogen) atoms. The molecule has 0 atom stereocenters. The molecule has 0 unspecified atom stereocenters. The number of hydrogen-bond acceptors (Lipinski definition) is 4. The van der Waals surface area contributed by atoms with Crippen molar-refractivity contribution in [3.63, 3.8) is 0 Å². The van der Waals surface area contributed by atoms with Crippen LogP contribution in [0.4, 0.5) is 0 Å². The van der Waals surface area contributed by atoms with E-state index in [1.807, 2.05) is 6.07 Å². The predicted octanol–water partition coefficient (Wildman–Crippen LogP) is 3.45. The topological polar surface area (TPSA) is 40.6 Å². The van der Waals surface area contributed by atoms with Crippen LogP contribution in [0.3, 0.4) is 0 Å². The van der Waals surface area contributed by atoms with Crippen LogP contribution in [0.5, 0.6) is 5.75 Å². The lowest BCUT2D eigenvalue weighted by atomic mass is 9.80. The fourth-order valence-corrected chi connectivity index (χ4v) is 3.50. The SMILES string of the molecule is CC1(C)OB(c2cncc(OCc3ccc4c(c3)CCC4)c2)OC1(C)C. The van der Waals surface area contributed by atoms with Gasteiger partial charge < -0.3 is 14.0 Å². The molecule has 0 N–H and O–H groups in total. The van der Waals surface area contributed by atoms with Crippen LogP contribution in [-0.4, -0.2) is 23.3 Å². The van der Waals surface area contributed by atoms with E-state index in [2.05, 4.69) is 50.9 Å². The first kappa shape index (κ1) is 17.6. The summed E-state index contributed by atoms with van der Waals surface area (Å²) >= 11 is 0. The van der Waals surface area contributed by atoms with Crippen molar-refractivity contribution in [1.29, 1.82) is 0 Å². The molecular formula is C21H26BNO3. The van der Waals surface area contributed by atoms with Gasteiger partial charge in [-0.25, -0.2) is 0 Å². The molecule has 136 valence electrons. The maximum absolute atomic E-state index is 6.10. The van der Waals surface area contributed by atoms with Crippen LogP contribution in [0, 0.1) is 0 Å². The van der Waals surface area contributed by atoms with E-state index in [9.17, 15) is 0 Å². The molecule has 2 aliphatic rings. The summed E-state index contributed by atoms with van der Waals surface area (Å²) in [6, 6.07) is 8.63. The van der Waals surface area contributed by atoms with E-state index in [1.165, 1.54) is 36.0 Å². The third-order valence-corrected chi connectivity index (χ3v) is 5.83. The Morgan fingerprint density at radius 3 is 2.50 bits per heavy atom. The average Bonchev–Trinajstić information content (AvgIpc) is 3.14.